The third-order valence-corrected chi connectivity index (χ3v) is 4.30. The molecule has 2 amide bonds. The molecule has 0 fully saturated rings. The Kier molecular flexibility index (Phi) is 7.03. The summed E-state index contributed by atoms with van der Waals surface area (Å²) in [6.45, 7) is 0.348. The molecule has 0 radical (unpaired) electrons. The first-order chi connectivity index (χ1) is 12.5. The van der Waals surface area contributed by atoms with Gasteiger partial charge in [0.05, 0.1) is 18.1 Å². The molecule has 0 aromatic heterocycles. The normalized spacial score (nSPS) is 10.2. The fourth-order valence-corrected chi connectivity index (χ4v) is 2.86. The largest absolute Gasteiger partial charge is 0.493 e. The van der Waals surface area contributed by atoms with Crippen LogP contribution >= 0.6 is 15.9 Å². The zero-order valence-electron chi connectivity index (χ0n) is 14.9. The Hall–Kier alpha value is -2.54. The first-order valence-electron chi connectivity index (χ1n) is 7.96. The van der Waals surface area contributed by atoms with Crippen LogP contribution in [-0.2, 0) is 11.4 Å². The van der Waals surface area contributed by atoms with Crippen LogP contribution in [0.3, 0.4) is 0 Å². The lowest BCUT2D eigenvalue weighted by molar-refractivity contribution is -0.121. The smallest absolute Gasteiger partial charge is 0.254 e. The van der Waals surface area contributed by atoms with Gasteiger partial charge >= 0.3 is 0 Å². The van der Waals surface area contributed by atoms with Crippen molar-refractivity contribution < 1.29 is 19.1 Å². The Morgan fingerprint density at radius 2 is 1.88 bits per heavy atom. The molecule has 6 nitrogen and oxygen atoms in total. The van der Waals surface area contributed by atoms with E-state index in [2.05, 4.69) is 21.2 Å². The molecular formula is C19H21BrN2O4. The molecule has 0 aliphatic heterocycles. The van der Waals surface area contributed by atoms with Crippen molar-refractivity contribution in [3.63, 3.8) is 0 Å². The van der Waals surface area contributed by atoms with Crippen molar-refractivity contribution in [2.75, 3.05) is 27.7 Å². The van der Waals surface area contributed by atoms with Crippen molar-refractivity contribution in [2.24, 2.45) is 0 Å². The summed E-state index contributed by atoms with van der Waals surface area (Å²) in [5.74, 6) is 0.422. The first kappa shape index (κ1) is 19.8. The molecule has 0 aliphatic rings. The van der Waals surface area contributed by atoms with Crippen LogP contribution in [0.1, 0.15) is 15.9 Å². The molecule has 138 valence electrons. The predicted octanol–water partition coefficient (Wildman–Crippen LogP) is 2.85. The average Bonchev–Trinajstić information content (AvgIpc) is 2.66. The number of rotatable bonds is 7. The van der Waals surface area contributed by atoms with Gasteiger partial charge in [-0.15, -0.1) is 0 Å². The molecule has 0 spiro atoms. The van der Waals surface area contributed by atoms with Crippen molar-refractivity contribution in [3.8, 4) is 11.5 Å². The lowest BCUT2D eigenvalue weighted by atomic mass is 10.1. The molecule has 0 bridgehead atoms. The monoisotopic (exact) mass is 420 g/mol. The minimum atomic E-state index is -0.290. The van der Waals surface area contributed by atoms with Crippen molar-refractivity contribution in [3.05, 3.63) is 58.1 Å². The van der Waals surface area contributed by atoms with Crippen molar-refractivity contribution in [1.29, 1.82) is 0 Å². The number of halogens is 1. The molecule has 0 aliphatic carbocycles. The summed E-state index contributed by atoms with van der Waals surface area (Å²) in [6, 6.07) is 13.0. The maximum Gasteiger partial charge on any atom is 0.254 e. The SMILES string of the molecule is CNC(=O)CN(C)C(=O)c1cc(Br)c(OCc2ccccc2)c(OC)c1. The van der Waals surface area contributed by atoms with Gasteiger partial charge in [0.1, 0.15) is 6.61 Å². The topological polar surface area (TPSA) is 67.9 Å². The molecule has 0 unspecified atom stereocenters. The van der Waals surface area contributed by atoms with Gasteiger partial charge in [-0.3, -0.25) is 9.59 Å². The van der Waals surface area contributed by atoms with E-state index in [1.807, 2.05) is 30.3 Å². The number of benzene rings is 2. The van der Waals surface area contributed by atoms with Gasteiger partial charge in [0.2, 0.25) is 5.91 Å². The number of carbonyl (C=O) groups excluding carboxylic acids is 2. The maximum absolute atomic E-state index is 12.5. The maximum atomic E-state index is 12.5. The number of ether oxygens (including phenoxy) is 2. The van der Waals surface area contributed by atoms with Crippen LogP contribution < -0.4 is 14.8 Å². The van der Waals surface area contributed by atoms with Crippen molar-refractivity contribution >= 4 is 27.7 Å². The van der Waals surface area contributed by atoms with E-state index in [9.17, 15) is 9.59 Å². The number of nitrogens with zero attached hydrogens (tertiary/aromatic N) is 1. The first-order valence-corrected chi connectivity index (χ1v) is 8.75. The van der Waals surface area contributed by atoms with E-state index in [1.54, 1.807) is 19.2 Å². The third-order valence-electron chi connectivity index (χ3n) is 3.71. The molecule has 0 atom stereocenters. The summed E-state index contributed by atoms with van der Waals surface area (Å²) in [5, 5.41) is 2.49. The van der Waals surface area contributed by atoms with Gasteiger partial charge in [-0.2, -0.15) is 0 Å². The molecule has 2 rings (SSSR count). The summed E-state index contributed by atoms with van der Waals surface area (Å²) in [6.07, 6.45) is 0. The standard InChI is InChI=1S/C19H21BrN2O4/c1-21-17(23)11-22(2)19(24)14-9-15(20)18(16(10-14)25-3)26-12-13-7-5-4-6-8-13/h4-10H,11-12H2,1-3H3,(H,21,23). The number of hydrogen-bond donors (Lipinski definition) is 1. The Labute approximate surface area is 161 Å². The lowest BCUT2D eigenvalue weighted by Crippen LogP contribution is -2.36. The number of likely N-dealkylation sites (N-methyl/N-ethyl adjacent to an activating group) is 2. The predicted molar refractivity (Wildman–Crippen MR) is 102 cm³/mol. The third kappa shape index (κ3) is 4.98. The fraction of sp³-hybridized carbons (Fsp3) is 0.263. The van der Waals surface area contributed by atoms with E-state index in [1.165, 1.54) is 19.1 Å². The van der Waals surface area contributed by atoms with Crippen LogP contribution in [0.25, 0.3) is 0 Å². The molecule has 7 heteroatoms. The molecule has 0 saturated heterocycles. The molecular weight excluding hydrogens is 400 g/mol. The highest BCUT2D eigenvalue weighted by Gasteiger charge is 2.19. The van der Waals surface area contributed by atoms with Crippen molar-refractivity contribution in [1.82, 2.24) is 10.2 Å². The minimum Gasteiger partial charge on any atom is -0.493 e. The summed E-state index contributed by atoms with van der Waals surface area (Å²) < 4.78 is 11.8. The molecule has 26 heavy (non-hydrogen) atoms. The Balaban J connectivity index is 2.20. The zero-order chi connectivity index (χ0) is 19.1. The number of hydrogen-bond acceptors (Lipinski definition) is 4. The van der Waals surface area contributed by atoms with Gasteiger partial charge in [-0.25, -0.2) is 0 Å². The van der Waals surface area contributed by atoms with Gasteiger partial charge in [0.15, 0.2) is 11.5 Å². The fourth-order valence-electron chi connectivity index (χ4n) is 2.30. The van der Waals surface area contributed by atoms with Crippen LogP contribution in [0.15, 0.2) is 46.9 Å². The molecule has 0 heterocycles. The molecule has 0 saturated carbocycles. The van der Waals surface area contributed by atoms with Gasteiger partial charge < -0.3 is 19.7 Å². The molecule has 2 aromatic carbocycles. The van der Waals surface area contributed by atoms with Crippen molar-refractivity contribution in [2.45, 2.75) is 6.61 Å². The Morgan fingerprint density at radius 1 is 1.19 bits per heavy atom. The second kappa shape index (κ2) is 9.24. The van der Waals surface area contributed by atoms with Gasteiger partial charge in [-0.05, 0) is 33.6 Å². The summed E-state index contributed by atoms with van der Waals surface area (Å²) >= 11 is 3.44. The number of amides is 2. The highest BCUT2D eigenvalue weighted by Crippen LogP contribution is 2.37. The van der Waals surface area contributed by atoms with Crippen LogP contribution in [0.5, 0.6) is 11.5 Å². The summed E-state index contributed by atoms with van der Waals surface area (Å²) in [7, 11) is 4.61. The Morgan fingerprint density at radius 3 is 2.50 bits per heavy atom. The highest BCUT2D eigenvalue weighted by atomic mass is 79.9. The van der Waals surface area contributed by atoms with Gasteiger partial charge in [-0.1, -0.05) is 30.3 Å². The summed E-state index contributed by atoms with van der Waals surface area (Å²) in [4.78, 5) is 25.3. The second-order valence-electron chi connectivity index (χ2n) is 5.60. The van der Waals surface area contributed by atoms with E-state index in [4.69, 9.17) is 9.47 Å². The quantitative estimate of drug-likeness (QED) is 0.747. The van der Waals surface area contributed by atoms with E-state index in [0.717, 1.165) is 5.56 Å². The molecule has 1 N–H and O–H groups in total. The molecule has 2 aromatic rings. The van der Waals surface area contributed by atoms with E-state index in [0.29, 0.717) is 28.1 Å². The summed E-state index contributed by atoms with van der Waals surface area (Å²) in [5.41, 5.74) is 1.42. The lowest BCUT2D eigenvalue weighted by Gasteiger charge is -2.18. The van der Waals surface area contributed by atoms with Crippen LogP contribution in [0.4, 0.5) is 0 Å². The van der Waals surface area contributed by atoms with Gasteiger partial charge in [0.25, 0.3) is 5.91 Å². The van der Waals surface area contributed by atoms with Gasteiger partial charge in [0, 0.05) is 19.7 Å². The highest BCUT2D eigenvalue weighted by molar-refractivity contribution is 9.10. The van der Waals surface area contributed by atoms with Crippen LogP contribution in [0.2, 0.25) is 0 Å². The minimum absolute atomic E-state index is 0.0263. The van der Waals surface area contributed by atoms with E-state index >= 15 is 0 Å². The van der Waals surface area contributed by atoms with Crippen LogP contribution in [-0.4, -0.2) is 44.5 Å². The second-order valence-corrected chi connectivity index (χ2v) is 6.45. The van der Waals surface area contributed by atoms with E-state index < -0.39 is 0 Å². The van der Waals surface area contributed by atoms with Crippen LogP contribution in [0, 0.1) is 0 Å². The van der Waals surface area contributed by atoms with E-state index in [-0.39, 0.29) is 18.4 Å². The zero-order valence-corrected chi connectivity index (χ0v) is 16.5. The number of carbonyl (C=O) groups is 2. The number of nitrogens with one attached hydrogen (secondary N) is 1. The average molecular weight is 421 g/mol. The Bertz CT molecular complexity index is 781. The number of methoxy groups -OCH3 is 1.